The van der Waals surface area contributed by atoms with Crippen molar-refractivity contribution in [2.24, 2.45) is 0 Å². The van der Waals surface area contributed by atoms with Gasteiger partial charge in [-0.05, 0) is 69.7 Å². The second kappa shape index (κ2) is 10.8. The minimum absolute atomic E-state index is 0.220. The molecule has 0 saturated carbocycles. The second-order valence-electron chi connectivity index (χ2n) is 8.17. The monoisotopic (exact) mass is 482 g/mol. The Morgan fingerprint density at radius 2 is 1.32 bits per heavy atom. The van der Waals surface area contributed by atoms with Crippen molar-refractivity contribution in [3.63, 3.8) is 0 Å². The lowest BCUT2D eigenvalue weighted by Crippen LogP contribution is -2.35. The maximum atomic E-state index is 13.3. The molecule has 0 aliphatic carbocycles. The molecule has 0 saturated heterocycles. The Balaban J connectivity index is 2.28. The highest BCUT2D eigenvalue weighted by molar-refractivity contribution is 6.30. The number of hydrogen-bond donors (Lipinski definition) is 0. The second-order valence-corrected chi connectivity index (χ2v) is 8.61. The molecular weight excluding hydrogens is 452 g/mol. The van der Waals surface area contributed by atoms with Gasteiger partial charge in [-0.3, -0.25) is 0 Å². The summed E-state index contributed by atoms with van der Waals surface area (Å²) >= 11 is 6.12. The summed E-state index contributed by atoms with van der Waals surface area (Å²) in [5.41, 5.74) is 4.82. The maximum Gasteiger partial charge on any atom is 0.336 e. The van der Waals surface area contributed by atoms with E-state index in [4.69, 9.17) is 21.1 Å². The lowest BCUT2D eigenvalue weighted by molar-refractivity contribution is -0.139. The van der Waals surface area contributed by atoms with Gasteiger partial charge in [-0.1, -0.05) is 23.7 Å². The Hall–Kier alpha value is -3.25. The van der Waals surface area contributed by atoms with Crippen LogP contribution in [0, 0.1) is 0 Å². The number of carbonyl (C=O) groups excluding carboxylic acids is 2. The molecule has 3 rings (SSSR count). The summed E-state index contributed by atoms with van der Waals surface area (Å²) in [4.78, 5) is 30.5. The molecule has 0 N–H and O–H groups in total. The van der Waals surface area contributed by atoms with Gasteiger partial charge < -0.3 is 19.3 Å². The third-order valence-corrected chi connectivity index (χ3v) is 6.10. The summed E-state index contributed by atoms with van der Waals surface area (Å²) < 4.78 is 10.9. The van der Waals surface area contributed by atoms with Crippen LogP contribution in [-0.4, -0.2) is 39.2 Å². The number of allylic oxidation sites excluding steroid dienone is 2. The standard InChI is InChI=1S/C27H31ClN2O4/c1-7-33-26(31)23-17(3)30(22-15-13-21(14-16-22)29(5)6)18(4)24(27(32)34-8-2)25(23)19-9-11-20(28)12-10-19/h9-16,25H,7-8H2,1-6H3. The van der Waals surface area contributed by atoms with Crippen LogP contribution in [0.2, 0.25) is 5.02 Å². The predicted octanol–water partition coefficient (Wildman–Crippen LogP) is 5.68. The highest BCUT2D eigenvalue weighted by atomic mass is 35.5. The summed E-state index contributed by atoms with van der Waals surface area (Å²) in [6.07, 6.45) is 0. The normalized spacial score (nSPS) is 14.4. The van der Waals surface area contributed by atoms with E-state index in [0.717, 1.165) is 16.9 Å². The summed E-state index contributed by atoms with van der Waals surface area (Å²) in [5, 5.41) is 0.568. The topological polar surface area (TPSA) is 59.1 Å². The molecule has 34 heavy (non-hydrogen) atoms. The van der Waals surface area contributed by atoms with Gasteiger partial charge in [-0.15, -0.1) is 0 Å². The third-order valence-electron chi connectivity index (χ3n) is 5.85. The first-order chi connectivity index (χ1) is 16.2. The SMILES string of the molecule is CCOC(=O)C1=C(C)N(c2ccc(N(C)C)cc2)C(C)=C(C(=O)OCC)C1c1ccc(Cl)cc1. The van der Waals surface area contributed by atoms with Crippen molar-refractivity contribution in [3.8, 4) is 0 Å². The fourth-order valence-corrected chi connectivity index (χ4v) is 4.41. The minimum atomic E-state index is -0.646. The Morgan fingerprint density at radius 3 is 1.74 bits per heavy atom. The van der Waals surface area contributed by atoms with Crippen LogP contribution in [0.5, 0.6) is 0 Å². The van der Waals surface area contributed by atoms with Crippen LogP contribution < -0.4 is 9.80 Å². The predicted molar refractivity (Wildman–Crippen MR) is 136 cm³/mol. The van der Waals surface area contributed by atoms with Gasteiger partial charge in [-0.2, -0.15) is 0 Å². The van der Waals surface area contributed by atoms with Crippen LogP contribution in [0.15, 0.2) is 71.1 Å². The molecule has 1 heterocycles. The Morgan fingerprint density at radius 1 is 0.853 bits per heavy atom. The number of benzene rings is 2. The molecule has 2 aromatic carbocycles. The van der Waals surface area contributed by atoms with Crippen LogP contribution in [0.25, 0.3) is 0 Å². The van der Waals surface area contributed by atoms with Gasteiger partial charge >= 0.3 is 11.9 Å². The van der Waals surface area contributed by atoms with Crippen molar-refractivity contribution in [1.82, 2.24) is 0 Å². The van der Waals surface area contributed by atoms with E-state index in [2.05, 4.69) is 0 Å². The summed E-state index contributed by atoms with van der Waals surface area (Å²) in [7, 11) is 3.95. The van der Waals surface area contributed by atoms with Crippen LogP contribution in [0.3, 0.4) is 0 Å². The van der Waals surface area contributed by atoms with Crippen LogP contribution >= 0.6 is 11.6 Å². The van der Waals surface area contributed by atoms with Crippen molar-refractivity contribution >= 4 is 34.9 Å². The van der Waals surface area contributed by atoms with E-state index in [1.807, 2.05) is 74.1 Å². The third kappa shape index (κ3) is 4.97. The van der Waals surface area contributed by atoms with Crippen molar-refractivity contribution in [2.75, 3.05) is 37.1 Å². The zero-order valence-corrected chi connectivity index (χ0v) is 21.3. The molecule has 0 amide bonds. The molecule has 0 aromatic heterocycles. The Bertz CT molecular complexity index is 1080. The van der Waals surface area contributed by atoms with Crippen molar-refractivity contribution in [2.45, 2.75) is 33.6 Å². The van der Waals surface area contributed by atoms with Gasteiger partial charge in [0.1, 0.15) is 0 Å². The average Bonchev–Trinajstić information content (AvgIpc) is 2.79. The number of hydrogen-bond acceptors (Lipinski definition) is 6. The van der Waals surface area contributed by atoms with Crippen LogP contribution in [0.1, 0.15) is 39.2 Å². The van der Waals surface area contributed by atoms with Gasteiger partial charge in [0.15, 0.2) is 0 Å². The first kappa shape index (κ1) is 25.4. The molecule has 6 nitrogen and oxygen atoms in total. The average molecular weight is 483 g/mol. The molecule has 0 spiro atoms. The molecule has 180 valence electrons. The van der Waals surface area contributed by atoms with Crippen molar-refractivity contribution in [1.29, 1.82) is 0 Å². The molecular formula is C27H31ClN2O4. The smallest absolute Gasteiger partial charge is 0.336 e. The molecule has 1 aliphatic rings. The Kier molecular flexibility index (Phi) is 8.05. The van der Waals surface area contributed by atoms with E-state index in [1.54, 1.807) is 26.0 Å². The molecule has 2 aromatic rings. The zero-order chi connectivity index (χ0) is 25.0. The molecule has 0 fully saturated rings. The minimum Gasteiger partial charge on any atom is -0.463 e. The first-order valence-electron chi connectivity index (χ1n) is 11.3. The summed E-state index contributed by atoms with van der Waals surface area (Å²) in [6.45, 7) is 7.72. The molecule has 0 unspecified atom stereocenters. The Labute approximate surface area is 206 Å². The fourth-order valence-electron chi connectivity index (χ4n) is 4.28. The number of carbonyl (C=O) groups is 2. The van der Waals surface area contributed by atoms with Gasteiger partial charge in [0.2, 0.25) is 0 Å². The van der Waals surface area contributed by atoms with Gasteiger partial charge in [0.05, 0.1) is 30.3 Å². The molecule has 0 radical (unpaired) electrons. The number of esters is 2. The number of ether oxygens (including phenoxy) is 2. The highest BCUT2D eigenvalue weighted by Gasteiger charge is 2.41. The number of nitrogens with zero attached hydrogens (tertiary/aromatic N) is 2. The van der Waals surface area contributed by atoms with Gasteiger partial charge in [0, 0.05) is 41.9 Å². The number of rotatable bonds is 7. The van der Waals surface area contributed by atoms with E-state index in [1.165, 1.54) is 0 Å². The van der Waals surface area contributed by atoms with E-state index >= 15 is 0 Å². The van der Waals surface area contributed by atoms with Crippen LogP contribution in [-0.2, 0) is 19.1 Å². The van der Waals surface area contributed by atoms with Gasteiger partial charge in [-0.25, -0.2) is 9.59 Å². The fraction of sp³-hybridized carbons (Fsp3) is 0.333. The van der Waals surface area contributed by atoms with Crippen LogP contribution in [0.4, 0.5) is 11.4 Å². The highest BCUT2D eigenvalue weighted by Crippen LogP contribution is 2.45. The maximum absolute atomic E-state index is 13.3. The zero-order valence-electron chi connectivity index (χ0n) is 20.5. The van der Waals surface area contributed by atoms with Crippen molar-refractivity contribution in [3.05, 3.63) is 81.7 Å². The van der Waals surface area contributed by atoms with Crippen molar-refractivity contribution < 1.29 is 19.1 Å². The first-order valence-corrected chi connectivity index (χ1v) is 11.7. The summed E-state index contributed by atoms with van der Waals surface area (Å²) in [5.74, 6) is -1.58. The quantitative estimate of drug-likeness (QED) is 0.473. The van der Waals surface area contributed by atoms with Gasteiger partial charge in [0.25, 0.3) is 0 Å². The molecule has 7 heteroatoms. The molecule has 0 bridgehead atoms. The summed E-state index contributed by atoms with van der Waals surface area (Å²) in [6, 6.07) is 15.1. The number of anilines is 2. The lowest BCUT2D eigenvalue weighted by atomic mass is 9.79. The lowest BCUT2D eigenvalue weighted by Gasteiger charge is -2.38. The number of halogens is 1. The van der Waals surface area contributed by atoms with E-state index < -0.39 is 17.9 Å². The van der Waals surface area contributed by atoms with E-state index in [9.17, 15) is 9.59 Å². The van der Waals surface area contributed by atoms with E-state index in [0.29, 0.717) is 27.6 Å². The molecule has 0 atom stereocenters. The van der Waals surface area contributed by atoms with E-state index in [-0.39, 0.29) is 13.2 Å². The largest absolute Gasteiger partial charge is 0.463 e. The molecule has 1 aliphatic heterocycles.